The lowest BCUT2D eigenvalue weighted by molar-refractivity contribution is 0.382. The second-order valence-corrected chi connectivity index (χ2v) is 5.07. The lowest BCUT2D eigenvalue weighted by Crippen LogP contribution is -2.11. The molecule has 0 amide bonds. The van der Waals surface area contributed by atoms with E-state index in [1.165, 1.54) is 38.6 Å². The van der Waals surface area contributed by atoms with Gasteiger partial charge in [0.05, 0.1) is 0 Å². The van der Waals surface area contributed by atoms with E-state index in [9.17, 15) is 0 Å². The Labute approximate surface area is 82.3 Å². The molecule has 2 aliphatic rings. The molecule has 2 rings (SSSR count). The smallest absolute Gasteiger partial charge is 0.00491 e. The van der Waals surface area contributed by atoms with Crippen molar-refractivity contribution in [3.63, 3.8) is 0 Å². The lowest BCUT2D eigenvalue weighted by Gasteiger charge is -2.13. The molecule has 0 bridgehead atoms. The summed E-state index contributed by atoms with van der Waals surface area (Å²) in [6.07, 6.45) is 12.1. The largest absolute Gasteiger partial charge is 0.320 e. The Balaban J connectivity index is 1.78. The highest BCUT2D eigenvalue weighted by atomic mass is 14.8. The molecule has 1 unspecified atom stereocenters. The molecule has 0 radical (unpaired) electrons. The predicted octanol–water partition coefficient (Wildman–Crippen LogP) is 2.96. The monoisotopic (exact) mass is 181 g/mol. The van der Waals surface area contributed by atoms with Gasteiger partial charge in [0, 0.05) is 0 Å². The van der Waals surface area contributed by atoms with Crippen LogP contribution in [0.4, 0.5) is 0 Å². The quantitative estimate of drug-likeness (QED) is 0.706. The summed E-state index contributed by atoms with van der Waals surface area (Å²) in [7, 11) is 2.07. The van der Waals surface area contributed by atoms with Crippen LogP contribution in [0.15, 0.2) is 0 Å². The van der Waals surface area contributed by atoms with Gasteiger partial charge >= 0.3 is 0 Å². The zero-order chi connectivity index (χ0) is 9.15. The summed E-state index contributed by atoms with van der Waals surface area (Å²) in [4.78, 5) is 0. The van der Waals surface area contributed by atoms with E-state index in [2.05, 4.69) is 12.4 Å². The maximum absolute atomic E-state index is 3.28. The highest BCUT2D eigenvalue weighted by Gasteiger charge is 2.51. The van der Waals surface area contributed by atoms with E-state index in [1.54, 1.807) is 19.3 Å². The normalized spacial score (nSPS) is 31.6. The molecule has 2 aliphatic carbocycles. The zero-order valence-corrected chi connectivity index (χ0v) is 8.94. The molecular weight excluding hydrogens is 158 g/mol. The van der Waals surface area contributed by atoms with Crippen molar-refractivity contribution in [3.05, 3.63) is 0 Å². The molecule has 2 saturated carbocycles. The Morgan fingerprint density at radius 3 is 2.46 bits per heavy atom. The van der Waals surface area contributed by atoms with Gasteiger partial charge < -0.3 is 5.32 Å². The van der Waals surface area contributed by atoms with Crippen LogP contribution in [-0.2, 0) is 0 Å². The molecule has 1 spiro atoms. The Bertz CT molecular complexity index is 157. The first-order valence-electron chi connectivity index (χ1n) is 6.02. The van der Waals surface area contributed by atoms with Gasteiger partial charge in [0.15, 0.2) is 0 Å². The SMILES string of the molecule is CNCCC1CC12CCCCCC2. The third-order valence-corrected chi connectivity index (χ3v) is 4.20. The molecule has 76 valence electrons. The van der Waals surface area contributed by atoms with Crippen LogP contribution in [0.3, 0.4) is 0 Å². The lowest BCUT2D eigenvalue weighted by atomic mass is 9.93. The van der Waals surface area contributed by atoms with Gasteiger partial charge in [-0.2, -0.15) is 0 Å². The minimum Gasteiger partial charge on any atom is -0.320 e. The van der Waals surface area contributed by atoms with E-state index >= 15 is 0 Å². The Hall–Kier alpha value is -0.0400. The van der Waals surface area contributed by atoms with Gasteiger partial charge in [-0.25, -0.2) is 0 Å². The Kier molecular flexibility index (Phi) is 2.92. The average Bonchev–Trinajstić information content (AvgIpc) is 2.88. The van der Waals surface area contributed by atoms with Gasteiger partial charge in [0.1, 0.15) is 0 Å². The van der Waals surface area contributed by atoms with E-state index in [0.717, 1.165) is 11.3 Å². The van der Waals surface area contributed by atoms with Crippen LogP contribution in [0, 0.1) is 11.3 Å². The Morgan fingerprint density at radius 2 is 1.85 bits per heavy atom. The van der Waals surface area contributed by atoms with Crippen molar-refractivity contribution < 1.29 is 0 Å². The van der Waals surface area contributed by atoms with Crippen LogP contribution in [0.5, 0.6) is 0 Å². The maximum Gasteiger partial charge on any atom is -0.00491 e. The van der Waals surface area contributed by atoms with Crippen LogP contribution in [0.2, 0.25) is 0 Å². The molecule has 1 nitrogen and oxygen atoms in total. The van der Waals surface area contributed by atoms with Crippen LogP contribution in [0.1, 0.15) is 51.4 Å². The highest BCUT2D eigenvalue weighted by Crippen LogP contribution is 2.61. The minimum atomic E-state index is 0.841. The van der Waals surface area contributed by atoms with E-state index in [-0.39, 0.29) is 0 Å². The maximum atomic E-state index is 3.28. The summed E-state index contributed by atoms with van der Waals surface area (Å²) in [6.45, 7) is 1.23. The van der Waals surface area contributed by atoms with Crippen LogP contribution in [0.25, 0.3) is 0 Å². The average molecular weight is 181 g/mol. The molecule has 1 atom stereocenters. The fourth-order valence-corrected chi connectivity index (χ4v) is 3.20. The summed E-state index contributed by atoms with van der Waals surface area (Å²) in [5, 5.41) is 3.28. The molecule has 0 aromatic rings. The third kappa shape index (κ3) is 2.07. The fourth-order valence-electron chi connectivity index (χ4n) is 3.20. The molecule has 0 saturated heterocycles. The zero-order valence-electron chi connectivity index (χ0n) is 8.94. The summed E-state index contributed by atoms with van der Waals surface area (Å²) in [6, 6.07) is 0. The molecular formula is C12H23N. The molecule has 1 heteroatoms. The first-order valence-corrected chi connectivity index (χ1v) is 6.02. The van der Waals surface area contributed by atoms with Gasteiger partial charge in [-0.05, 0) is 50.6 Å². The second-order valence-electron chi connectivity index (χ2n) is 5.07. The highest BCUT2D eigenvalue weighted by molar-refractivity contribution is 5.02. The van der Waals surface area contributed by atoms with E-state index in [4.69, 9.17) is 0 Å². The number of hydrogen-bond acceptors (Lipinski definition) is 1. The van der Waals surface area contributed by atoms with Gasteiger partial charge in [-0.1, -0.05) is 25.7 Å². The third-order valence-electron chi connectivity index (χ3n) is 4.20. The molecule has 0 aromatic carbocycles. The summed E-state index contributed by atoms with van der Waals surface area (Å²) < 4.78 is 0. The Morgan fingerprint density at radius 1 is 1.15 bits per heavy atom. The standard InChI is InChI=1S/C12H23N/c1-13-9-6-11-10-12(11)7-4-2-3-5-8-12/h11,13H,2-10H2,1H3. The summed E-state index contributed by atoms with van der Waals surface area (Å²) in [5.74, 6) is 1.08. The van der Waals surface area contributed by atoms with Crippen molar-refractivity contribution >= 4 is 0 Å². The molecule has 0 aliphatic heterocycles. The molecule has 0 aromatic heterocycles. The molecule has 2 fully saturated rings. The van der Waals surface area contributed by atoms with Gasteiger partial charge in [-0.15, -0.1) is 0 Å². The fraction of sp³-hybridized carbons (Fsp3) is 1.00. The van der Waals surface area contributed by atoms with Crippen molar-refractivity contribution in [2.75, 3.05) is 13.6 Å². The minimum absolute atomic E-state index is 0.841. The molecule has 0 heterocycles. The summed E-state index contributed by atoms with van der Waals surface area (Å²) >= 11 is 0. The molecule has 13 heavy (non-hydrogen) atoms. The first kappa shape index (κ1) is 9.51. The number of nitrogens with one attached hydrogen (secondary N) is 1. The van der Waals surface area contributed by atoms with Gasteiger partial charge in [0.25, 0.3) is 0 Å². The van der Waals surface area contributed by atoms with Crippen molar-refractivity contribution in [1.29, 1.82) is 0 Å². The second kappa shape index (κ2) is 4.00. The van der Waals surface area contributed by atoms with E-state index < -0.39 is 0 Å². The van der Waals surface area contributed by atoms with Gasteiger partial charge in [-0.3, -0.25) is 0 Å². The number of hydrogen-bond donors (Lipinski definition) is 1. The predicted molar refractivity (Wildman–Crippen MR) is 56.8 cm³/mol. The number of rotatable bonds is 3. The van der Waals surface area contributed by atoms with E-state index in [1.807, 2.05) is 0 Å². The van der Waals surface area contributed by atoms with Crippen molar-refractivity contribution in [2.24, 2.45) is 11.3 Å². The van der Waals surface area contributed by atoms with Crippen LogP contribution >= 0.6 is 0 Å². The van der Waals surface area contributed by atoms with Crippen molar-refractivity contribution in [2.45, 2.75) is 51.4 Å². The topological polar surface area (TPSA) is 12.0 Å². The van der Waals surface area contributed by atoms with Crippen LogP contribution in [-0.4, -0.2) is 13.6 Å². The molecule has 1 N–H and O–H groups in total. The summed E-state index contributed by atoms with van der Waals surface area (Å²) in [5.41, 5.74) is 0.841. The van der Waals surface area contributed by atoms with Crippen molar-refractivity contribution in [1.82, 2.24) is 5.32 Å². The van der Waals surface area contributed by atoms with Crippen molar-refractivity contribution in [3.8, 4) is 0 Å². The van der Waals surface area contributed by atoms with Gasteiger partial charge in [0.2, 0.25) is 0 Å². The van der Waals surface area contributed by atoms with Crippen LogP contribution < -0.4 is 5.32 Å². The van der Waals surface area contributed by atoms with E-state index in [0.29, 0.717) is 0 Å². The first-order chi connectivity index (χ1) is 6.37.